The zero-order chi connectivity index (χ0) is 14.0. The molecule has 1 aromatic carbocycles. The van der Waals surface area contributed by atoms with E-state index in [0.717, 1.165) is 6.42 Å². The molecule has 0 aliphatic heterocycles. The Hall–Kier alpha value is -0.970. The SMILES string of the molecule is COC1CC(NCC(O)c2ccccc2F)C1(C)C. The second-order valence-electron chi connectivity index (χ2n) is 5.78. The van der Waals surface area contributed by atoms with E-state index in [-0.39, 0.29) is 17.3 Å². The third kappa shape index (κ3) is 2.81. The minimum Gasteiger partial charge on any atom is -0.387 e. The fourth-order valence-electron chi connectivity index (χ4n) is 2.74. The fourth-order valence-corrected chi connectivity index (χ4v) is 2.74. The topological polar surface area (TPSA) is 41.5 Å². The molecule has 3 atom stereocenters. The number of nitrogens with one attached hydrogen (secondary N) is 1. The number of methoxy groups -OCH3 is 1. The first-order valence-electron chi connectivity index (χ1n) is 6.65. The second kappa shape index (κ2) is 5.57. The van der Waals surface area contributed by atoms with Gasteiger partial charge in [0.25, 0.3) is 0 Å². The van der Waals surface area contributed by atoms with E-state index in [1.807, 2.05) is 0 Å². The third-order valence-electron chi connectivity index (χ3n) is 4.28. The van der Waals surface area contributed by atoms with Gasteiger partial charge in [-0.3, -0.25) is 0 Å². The van der Waals surface area contributed by atoms with Gasteiger partial charge in [-0.25, -0.2) is 4.39 Å². The Morgan fingerprint density at radius 3 is 2.74 bits per heavy atom. The third-order valence-corrected chi connectivity index (χ3v) is 4.28. The van der Waals surface area contributed by atoms with Gasteiger partial charge in [-0.1, -0.05) is 32.0 Å². The van der Waals surface area contributed by atoms with Crippen LogP contribution in [0.15, 0.2) is 24.3 Å². The monoisotopic (exact) mass is 267 g/mol. The van der Waals surface area contributed by atoms with Crippen LogP contribution in [0, 0.1) is 11.2 Å². The molecule has 0 aromatic heterocycles. The zero-order valence-electron chi connectivity index (χ0n) is 11.7. The Morgan fingerprint density at radius 2 is 2.16 bits per heavy atom. The average Bonchev–Trinajstić information content (AvgIpc) is 2.38. The summed E-state index contributed by atoms with van der Waals surface area (Å²) in [6, 6.07) is 6.63. The van der Waals surface area contributed by atoms with E-state index >= 15 is 0 Å². The molecule has 3 unspecified atom stereocenters. The summed E-state index contributed by atoms with van der Waals surface area (Å²) < 4.78 is 18.9. The van der Waals surface area contributed by atoms with Gasteiger partial charge in [0.2, 0.25) is 0 Å². The van der Waals surface area contributed by atoms with E-state index in [9.17, 15) is 9.50 Å². The molecule has 1 aromatic rings. The molecule has 106 valence electrons. The van der Waals surface area contributed by atoms with Gasteiger partial charge in [-0.2, -0.15) is 0 Å². The van der Waals surface area contributed by atoms with Crippen LogP contribution >= 0.6 is 0 Å². The molecule has 2 N–H and O–H groups in total. The molecule has 3 nitrogen and oxygen atoms in total. The minimum atomic E-state index is -0.821. The van der Waals surface area contributed by atoms with Crippen LogP contribution < -0.4 is 5.32 Å². The van der Waals surface area contributed by atoms with E-state index in [2.05, 4.69) is 19.2 Å². The van der Waals surface area contributed by atoms with Crippen molar-refractivity contribution in [3.63, 3.8) is 0 Å². The van der Waals surface area contributed by atoms with Crippen LogP contribution in [0.1, 0.15) is 31.9 Å². The summed E-state index contributed by atoms with van der Waals surface area (Å²) in [5, 5.41) is 13.3. The van der Waals surface area contributed by atoms with Crippen molar-refractivity contribution >= 4 is 0 Å². The molecule has 0 amide bonds. The van der Waals surface area contributed by atoms with Crippen molar-refractivity contribution in [2.45, 2.75) is 38.5 Å². The molecule has 0 spiro atoms. The Balaban J connectivity index is 1.89. The largest absolute Gasteiger partial charge is 0.387 e. The van der Waals surface area contributed by atoms with Crippen molar-refractivity contribution in [3.05, 3.63) is 35.6 Å². The fraction of sp³-hybridized carbons (Fsp3) is 0.600. The number of rotatable bonds is 5. The van der Waals surface area contributed by atoms with Crippen molar-refractivity contribution < 1.29 is 14.2 Å². The molecule has 0 bridgehead atoms. The van der Waals surface area contributed by atoms with Gasteiger partial charge in [0, 0.05) is 30.7 Å². The van der Waals surface area contributed by atoms with Crippen LogP contribution in [-0.4, -0.2) is 30.9 Å². The number of aliphatic hydroxyl groups excluding tert-OH is 1. The zero-order valence-corrected chi connectivity index (χ0v) is 11.7. The predicted molar refractivity (Wildman–Crippen MR) is 72.3 cm³/mol. The molecule has 2 rings (SSSR count). The quantitative estimate of drug-likeness (QED) is 0.860. The van der Waals surface area contributed by atoms with Crippen molar-refractivity contribution in [2.24, 2.45) is 5.41 Å². The first-order valence-corrected chi connectivity index (χ1v) is 6.65. The Kier molecular flexibility index (Phi) is 4.23. The number of aliphatic hydroxyl groups is 1. The molecule has 1 aliphatic carbocycles. The molecule has 0 radical (unpaired) electrons. The maximum atomic E-state index is 13.5. The summed E-state index contributed by atoms with van der Waals surface area (Å²) in [6.07, 6.45) is 0.349. The van der Waals surface area contributed by atoms with Crippen molar-refractivity contribution in [3.8, 4) is 0 Å². The van der Waals surface area contributed by atoms with E-state index in [1.54, 1.807) is 25.3 Å². The number of benzene rings is 1. The summed E-state index contributed by atoms with van der Waals surface area (Å²) in [6.45, 7) is 4.63. The minimum absolute atomic E-state index is 0.0453. The lowest BCUT2D eigenvalue weighted by Gasteiger charge is -2.51. The first kappa shape index (κ1) is 14.4. The van der Waals surface area contributed by atoms with Crippen LogP contribution in [0.2, 0.25) is 0 Å². The van der Waals surface area contributed by atoms with Gasteiger partial charge in [-0.15, -0.1) is 0 Å². The molecule has 19 heavy (non-hydrogen) atoms. The first-order chi connectivity index (χ1) is 8.96. The molecule has 0 heterocycles. The molecule has 1 fully saturated rings. The Labute approximate surface area is 113 Å². The number of hydrogen-bond acceptors (Lipinski definition) is 3. The predicted octanol–water partition coefficient (Wildman–Crippen LogP) is 2.26. The van der Waals surface area contributed by atoms with Gasteiger partial charge in [0.15, 0.2) is 0 Å². The maximum absolute atomic E-state index is 13.5. The van der Waals surface area contributed by atoms with E-state index < -0.39 is 6.10 Å². The highest BCUT2D eigenvalue weighted by Crippen LogP contribution is 2.42. The summed E-state index contributed by atoms with van der Waals surface area (Å²) in [5.74, 6) is -0.362. The lowest BCUT2D eigenvalue weighted by Crippen LogP contribution is -2.61. The van der Waals surface area contributed by atoms with Crippen LogP contribution in [0.25, 0.3) is 0 Å². The number of ether oxygens (including phenoxy) is 1. The van der Waals surface area contributed by atoms with E-state index in [0.29, 0.717) is 18.2 Å². The van der Waals surface area contributed by atoms with Crippen LogP contribution in [-0.2, 0) is 4.74 Å². The lowest BCUT2D eigenvalue weighted by molar-refractivity contribution is -0.0992. The molecular formula is C15H22FNO2. The Bertz CT molecular complexity index is 436. The smallest absolute Gasteiger partial charge is 0.129 e. The van der Waals surface area contributed by atoms with Crippen molar-refractivity contribution in [2.75, 3.05) is 13.7 Å². The van der Waals surface area contributed by atoms with Crippen LogP contribution in [0.5, 0.6) is 0 Å². The summed E-state index contributed by atoms with van der Waals surface area (Å²) in [5.41, 5.74) is 0.388. The molecule has 1 saturated carbocycles. The highest BCUT2D eigenvalue weighted by Gasteiger charge is 2.48. The second-order valence-corrected chi connectivity index (χ2v) is 5.78. The van der Waals surface area contributed by atoms with E-state index in [4.69, 9.17) is 4.74 Å². The number of hydrogen-bond donors (Lipinski definition) is 2. The Morgan fingerprint density at radius 1 is 1.47 bits per heavy atom. The molecule has 1 aliphatic rings. The lowest BCUT2D eigenvalue weighted by atomic mass is 9.64. The van der Waals surface area contributed by atoms with Gasteiger partial charge >= 0.3 is 0 Å². The van der Waals surface area contributed by atoms with Gasteiger partial charge in [0.1, 0.15) is 5.82 Å². The average molecular weight is 267 g/mol. The van der Waals surface area contributed by atoms with Crippen molar-refractivity contribution in [1.29, 1.82) is 0 Å². The highest BCUT2D eigenvalue weighted by molar-refractivity contribution is 5.20. The standard InChI is InChI=1S/C15H22FNO2/c1-15(2)13(8-14(15)19-3)17-9-12(18)10-6-4-5-7-11(10)16/h4-7,12-14,17-18H,8-9H2,1-3H3. The number of halogens is 1. The van der Waals surface area contributed by atoms with E-state index in [1.165, 1.54) is 6.07 Å². The maximum Gasteiger partial charge on any atom is 0.129 e. The van der Waals surface area contributed by atoms with Crippen LogP contribution in [0.4, 0.5) is 4.39 Å². The van der Waals surface area contributed by atoms with Gasteiger partial charge < -0.3 is 15.2 Å². The summed E-state index contributed by atoms with van der Waals surface area (Å²) in [7, 11) is 1.72. The highest BCUT2D eigenvalue weighted by atomic mass is 19.1. The molecule has 0 saturated heterocycles. The normalized spacial score (nSPS) is 26.8. The van der Waals surface area contributed by atoms with Gasteiger partial charge in [0.05, 0.1) is 12.2 Å². The summed E-state index contributed by atoms with van der Waals surface area (Å²) in [4.78, 5) is 0. The molecular weight excluding hydrogens is 245 g/mol. The van der Waals surface area contributed by atoms with Gasteiger partial charge in [-0.05, 0) is 12.5 Å². The molecule has 4 heteroatoms. The van der Waals surface area contributed by atoms with Crippen LogP contribution in [0.3, 0.4) is 0 Å². The van der Waals surface area contributed by atoms with Crippen molar-refractivity contribution in [1.82, 2.24) is 5.32 Å². The summed E-state index contributed by atoms with van der Waals surface area (Å²) >= 11 is 0.